The van der Waals surface area contributed by atoms with E-state index in [0.717, 1.165) is 0 Å². The Morgan fingerprint density at radius 2 is 2.15 bits per heavy atom. The number of pyridine rings is 1. The van der Waals surface area contributed by atoms with Gasteiger partial charge >= 0.3 is 5.97 Å². The molecule has 0 aliphatic carbocycles. The van der Waals surface area contributed by atoms with E-state index in [1.54, 1.807) is 19.9 Å². The molecule has 7 heteroatoms. The summed E-state index contributed by atoms with van der Waals surface area (Å²) in [6.45, 7) is 3.42. The van der Waals surface area contributed by atoms with Crippen LogP contribution in [-0.2, 0) is 9.59 Å². The van der Waals surface area contributed by atoms with Gasteiger partial charge in [-0.3, -0.25) is 14.9 Å². The van der Waals surface area contributed by atoms with Gasteiger partial charge in [-0.15, -0.1) is 0 Å². The third-order valence-corrected chi connectivity index (χ3v) is 3.11. The van der Waals surface area contributed by atoms with Crippen molar-refractivity contribution >= 4 is 23.6 Å². The summed E-state index contributed by atoms with van der Waals surface area (Å²) in [5, 5.41) is 14.3. The number of carbonyl (C=O) groups excluding carboxylic acids is 2. The Balaban J connectivity index is 2.31. The smallest absolute Gasteiger partial charge is 0.339 e. The normalized spacial score (nSPS) is 18.6. The summed E-state index contributed by atoms with van der Waals surface area (Å²) in [5.74, 6) is -1.73. The first-order valence-corrected chi connectivity index (χ1v) is 6.20. The van der Waals surface area contributed by atoms with Crippen LogP contribution in [0, 0.1) is 13.8 Å². The van der Waals surface area contributed by atoms with Crippen molar-refractivity contribution in [2.45, 2.75) is 32.7 Å². The molecule has 1 aromatic rings. The first kappa shape index (κ1) is 14.0. The predicted molar refractivity (Wildman–Crippen MR) is 70.5 cm³/mol. The number of hydrogen-bond acceptors (Lipinski definition) is 5. The average Bonchev–Trinajstić information content (AvgIpc) is 2.31. The van der Waals surface area contributed by atoms with Gasteiger partial charge in [0.15, 0.2) is 0 Å². The maximum Gasteiger partial charge on any atom is 0.339 e. The highest BCUT2D eigenvalue weighted by molar-refractivity contribution is 6.02. The van der Waals surface area contributed by atoms with Gasteiger partial charge in [0.1, 0.15) is 17.4 Å². The molecule has 1 aliphatic heterocycles. The summed E-state index contributed by atoms with van der Waals surface area (Å²) in [4.78, 5) is 38.2. The summed E-state index contributed by atoms with van der Waals surface area (Å²) in [6.07, 6.45) is 0.537. The van der Waals surface area contributed by atoms with Crippen LogP contribution in [-0.4, -0.2) is 33.9 Å². The van der Waals surface area contributed by atoms with Crippen LogP contribution in [0.2, 0.25) is 0 Å². The van der Waals surface area contributed by atoms with Crippen molar-refractivity contribution in [3.8, 4) is 0 Å². The summed E-state index contributed by atoms with van der Waals surface area (Å²) < 4.78 is 0. The van der Waals surface area contributed by atoms with Crippen molar-refractivity contribution in [3.63, 3.8) is 0 Å². The summed E-state index contributed by atoms with van der Waals surface area (Å²) in [5.41, 5.74) is 1.27. The first-order chi connectivity index (χ1) is 9.38. The molecule has 3 N–H and O–H groups in total. The largest absolute Gasteiger partial charge is 0.478 e. The Morgan fingerprint density at radius 1 is 1.45 bits per heavy atom. The van der Waals surface area contributed by atoms with Crippen molar-refractivity contribution in [2.24, 2.45) is 0 Å². The van der Waals surface area contributed by atoms with Crippen molar-refractivity contribution in [3.05, 3.63) is 22.9 Å². The first-order valence-electron chi connectivity index (χ1n) is 6.20. The standard InChI is InChI=1S/C13H15N3O4/c1-6-5-7(2)14-11(10(6)13(19)20)15-8-3-4-9(17)16-12(8)18/h5,8H,3-4H2,1-2H3,(H,14,15)(H,19,20)(H,16,17,18). The zero-order valence-corrected chi connectivity index (χ0v) is 11.2. The maximum absolute atomic E-state index is 11.7. The second-order valence-corrected chi connectivity index (χ2v) is 4.76. The fraction of sp³-hybridized carbons (Fsp3) is 0.385. The molecule has 2 rings (SSSR count). The quantitative estimate of drug-likeness (QED) is 0.699. The highest BCUT2D eigenvalue weighted by Gasteiger charge is 2.28. The zero-order valence-electron chi connectivity index (χ0n) is 11.2. The van der Waals surface area contributed by atoms with Gasteiger partial charge in [-0.25, -0.2) is 9.78 Å². The number of carboxylic acids is 1. The zero-order chi connectivity index (χ0) is 14.9. The van der Waals surface area contributed by atoms with Gasteiger partial charge in [0.25, 0.3) is 0 Å². The van der Waals surface area contributed by atoms with E-state index in [2.05, 4.69) is 15.6 Å². The van der Waals surface area contributed by atoms with Crippen LogP contribution in [0.1, 0.15) is 34.5 Å². The number of aromatic nitrogens is 1. The van der Waals surface area contributed by atoms with Crippen LogP contribution < -0.4 is 10.6 Å². The number of imide groups is 1. The number of rotatable bonds is 3. The third-order valence-electron chi connectivity index (χ3n) is 3.11. The number of carbonyl (C=O) groups is 3. The molecule has 1 aromatic heterocycles. The molecule has 0 bridgehead atoms. The predicted octanol–water partition coefficient (Wildman–Crippen LogP) is 0.614. The molecule has 1 unspecified atom stereocenters. The Labute approximate surface area is 115 Å². The van der Waals surface area contributed by atoms with E-state index in [0.29, 0.717) is 17.7 Å². The van der Waals surface area contributed by atoms with Crippen molar-refractivity contribution in [1.29, 1.82) is 0 Å². The van der Waals surface area contributed by atoms with Crippen LogP contribution in [0.4, 0.5) is 5.82 Å². The molecule has 0 aromatic carbocycles. The lowest BCUT2D eigenvalue weighted by atomic mass is 10.0. The van der Waals surface area contributed by atoms with Gasteiger partial charge < -0.3 is 10.4 Å². The van der Waals surface area contributed by atoms with Crippen LogP contribution in [0.5, 0.6) is 0 Å². The Morgan fingerprint density at radius 3 is 2.75 bits per heavy atom. The van der Waals surface area contributed by atoms with Gasteiger partial charge in [-0.05, 0) is 31.9 Å². The molecule has 1 atom stereocenters. The molecule has 1 saturated heterocycles. The van der Waals surface area contributed by atoms with Gasteiger partial charge in [0.2, 0.25) is 11.8 Å². The number of piperidine rings is 1. The van der Waals surface area contributed by atoms with Crippen molar-refractivity contribution < 1.29 is 19.5 Å². The number of aromatic carboxylic acids is 1. The van der Waals surface area contributed by atoms with E-state index in [-0.39, 0.29) is 23.7 Å². The van der Waals surface area contributed by atoms with Gasteiger partial charge in [-0.2, -0.15) is 0 Å². The molecule has 1 fully saturated rings. The lowest BCUT2D eigenvalue weighted by Gasteiger charge is -2.23. The Hall–Kier alpha value is -2.44. The number of nitrogens with zero attached hydrogens (tertiary/aromatic N) is 1. The molecular formula is C13H15N3O4. The van der Waals surface area contributed by atoms with E-state index in [1.165, 1.54) is 0 Å². The summed E-state index contributed by atoms with van der Waals surface area (Å²) in [7, 11) is 0. The number of carboxylic acid groups (broad SMARTS) is 1. The van der Waals surface area contributed by atoms with Crippen molar-refractivity contribution in [2.75, 3.05) is 5.32 Å². The lowest BCUT2D eigenvalue weighted by Crippen LogP contribution is -2.47. The molecule has 1 aliphatic rings. The molecule has 2 heterocycles. The number of amides is 2. The molecule has 0 saturated carbocycles. The molecule has 20 heavy (non-hydrogen) atoms. The molecule has 7 nitrogen and oxygen atoms in total. The van der Waals surface area contributed by atoms with E-state index in [9.17, 15) is 19.5 Å². The van der Waals surface area contributed by atoms with Crippen LogP contribution in [0.3, 0.4) is 0 Å². The Bertz CT molecular complexity index is 598. The van der Waals surface area contributed by atoms with Gasteiger partial charge in [0, 0.05) is 12.1 Å². The van der Waals surface area contributed by atoms with E-state index < -0.39 is 17.9 Å². The summed E-state index contributed by atoms with van der Waals surface area (Å²) >= 11 is 0. The van der Waals surface area contributed by atoms with Crippen LogP contribution >= 0.6 is 0 Å². The fourth-order valence-electron chi connectivity index (χ4n) is 2.21. The molecule has 0 radical (unpaired) electrons. The maximum atomic E-state index is 11.7. The minimum atomic E-state index is -1.11. The third kappa shape index (κ3) is 2.76. The molecular weight excluding hydrogens is 262 g/mol. The minimum absolute atomic E-state index is 0.0419. The number of aryl methyl sites for hydroxylation is 2. The van der Waals surface area contributed by atoms with E-state index in [1.807, 2.05) is 0 Å². The average molecular weight is 277 g/mol. The second kappa shape index (κ2) is 5.28. The second-order valence-electron chi connectivity index (χ2n) is 4.76. The topological polar surface area (TPSA) is 108 Å². The van der Waals surface area contributed by atoms with Crippen LogP contribution in [0.25, 0.3) is 0 Å². The lowest BCUT2D eigenvalue weighted by molar-refractivity contribution is -0.133. The highest BCUT2D eigenvalue weighted by Crippen LogP contribution is 2.21. The van der Waals surface area contributed by atoms with Gasteiger partial charge in [0.05, 0.1) is 0 Å². The van der Waals surface area contributed by atoms with E-state index in [4.69, 9.17) is 0 Å². The fourth-order valence-corrected chi connectivity index (χ4v) is 2.21. The van der Waals surface area contributed by atoms with E-state index >= 15 is 0 Å². The highest BCUT2D eigenvalue weighted by atomic mass is 16.4. The Kier molecular flexibility index (Phi) is 3.69. The summed E-state index contributed by atoms with van der Waals surface area (Å²) in [6, 6.07) is 1.01. The number of hydrogen-bond donors (Lipinski definition) is 3. The molecule has 106 valence electrons. The SMILES string of the molecule is Cc1cc(C)c(C(=O)O)c(NC2CCC(=O)NC2=O)n1. The van der Waals surface area contributed by atoms with Gasteiger partial charge in [-0.1, -0.05) is 0 Å². The van der Waals surface area contributed by atoms with Crippen molar-refractivity contribution in [1.82, 2.24) is 10.3 Å². The monoisotopic (exact) mass is 277 g/mol. The number of anilines is 1. The van der Waals surface area contributed by atoms with Crippen LogP contribution in [0.15, 0.2) is 6.07 Å². The molecule has 2 amide bonds. The minimum Gasteiger partial charge on any atom is -0.478 e. The molecule has 0 spiro atoms. The number of nitrogens with one attached hydrogen (secondary N) is 2.